The smallest absolute Gasteiger partial charge is 0.177 e. The summed E-state index contributed by atoms with van der Waals surface area (Å²) in [6, 6.07) is 3.24. The highest BCUT2D eigenvalue weighted by molar-refractivity contribution is 5.82. The molecular formula is C18H12F3N5. The zero-order valence-electron chi connectivity index (χ0n) is 13.8. The second kappa shape index (κ2) is 5.91. The van der Waals surface area contributed by atoms with Crippen LogP contribution in [0.5, 0.6) is 0 Å². The molecule has 4 aromatic rings. The number of benzene rings is 1. The third-order valence-electron chi connectivity index (χ3n) is 3.97. The molecule has 0 aliphatic carbocycles. The summed E-state index contributed by atoms with van der Waals surface area (Å²) in [5, 5.41) is 4.16. The van der Waals surface area contributed by atoms with E-state index in [0.29, 0.717) is 23.2 Å². The summed E-state index contributed by atoms with van der Waals surface area (Å²) in [5.74, 6) is -2.85. The highest BCUT2D eigenvalue weighted by Crippen LogP contribution is 2.23. The minimum absolute atomic E-state index is 0.206. The van der Waals surface area contributed by atoms with Crippen LogP contribution in [0.25, 0.3) is 28.7 Å². The lowest BCUT2D eigenvalue weighted by molar-refractivity contribution is 0.505. The van der Waals surface area contributed by atoms with Crippen molar-refractivity contribution in [1.29, 1.82) is 0 Å². The summed E-state index contributed by atoms with van der Waals surface area (Å²) in [4.78, 5) is 12.7. The molecule has 26 heavy (non-hydrogen) atoms. The number of hydrogen-bond donors (Lipinski definition) is 0. The number of fused-ring (bicyclic) bond motifs is 2. The van der Waals surface area contributed by atoms with Gasteiger partial charge in [-0.2, -0.15) is 0 Å². The number of aryl methyl sites for hydroxylation is 2. The molecule has 0 radical (unpaired) electrons. The van der Waals surface area contributed by atoms with Crippen molar-refractivity contribution >= 4 is 28.7 Å². The summed E-state index contributed by atoms with van der Waals surface area (Å²) < 4.78 is 42.5. The van der Waals surface area contributed by atoms with Crippen LogP contribution in [0.2, 0.25) is 0 Å². The van der Waals surface area contributed by atoms with E-state index in [0.717, 1.165) is 11.4 Å². The second-order valence-corrected chi connectivity index (χ2v) is 5.81. The van der Waals surface area contributed by atoms with Crippen molar-refractivity contribution in [3.05, 3.63) is 64.8 Å². The maximum Gasteiger partial charge on any atom is 0.177 e. The molecule has 1 aromatic carbocycles. The number of rotatable bonds is 2. The summed E-state index contributed by atoms with van der Waals surface area (Å²) in [7, 11) is 0. The fourth-order valence-electron chi connectivity index (χ4n) is 2.64. The minimum atomic E-state index is -1.24. The second-order valence-electron chi connectivity index (χ2n) is 5.81. The Morgan fingerprint density at radius 3 is 2.58 bits per heavy atom. The Kier molecular flexibility index (Phi) is 3.68. The van der Waals surface area contributed by atoms with Crippen LogP contribution in [0, 0.1) is 31.3 Å². The van der Waals surface area contributed by atoms with Crippen molar-refractivity contribution in [1.82, 2.24) is 24.6 Å². The molecule has 8 heteroatoms. The molecule has 4 rings (SSSR count). The van der Waals surface area contributed by atoms with Crippen molar-refractivity contribution in [3.63, 3.8) is 0 Å². The molecular weight excluding hydrogens is 343 g/mol. The van der Waals surface area contributed by atoms with Gasteiger partial charge < -0.3 is 0 Å². The molecule has 0 aliphatic heterocycles. The lowest BCUT2D eigenvalue weighted by Gasteiger charge is -2.02. The van der Waals surface area contributed by atoms with E-state index in [9.17, 15) is 13.2 Å². The van der Waals surface area contributed by atoms with Gasteiger partial charge in [-0.05, 0) is 38.1 Å². The highest BCUT2D eigenvalue weighted by Gasteiger charge is 2.13. The predicted molar refractivity (Wildman–Crippen MR) is 90.8 cm³/mol. The van der Waals surface area contributed by atoms with E-state index >= 15 is 0 Å². The SMILES string of the molecule is Cc1ncc(C)n2nc(/C=C/c3ccc4c(F)c(F)cc(F)c4n3)nc12. The van der Waals surface area contributed by atoms with Gasteiger partial charge in [-0.25, -0.2) is 27.7 Å². The number of aromatic nitrogens is 5. The van der Waals surface area contributed by atoms with Gasteiger partial charge in [0, 0.05) is 17.6 Å². The van der Waals surface area contributed by atoms with Crippen molar-refractivity contribution in [2.45, 2.75) is 13.8 Å². The molecule has 130 valence electrons. The van der Waals surface area contributed by atoms with E-state index < -0.39 is 17.5 Å². The van der Waals surface area contributed by atoms with Crippen LogP contribution in [0.4, 0.5) is 13.2 Å². The summed E-state index contributed by atoms with van der Waals surface area (Å²) in [5.41, 5.74) is 2.35. The van der Waals surface area contributed by atoms with E-state index in [1.807, 2.05) is 13.8 Å². The predicted octanol–water partition coefficient (Wildman–Crippen LogP) is 3.88. The Bertz CT molecular complexity index is 1160. The standard InChI is InChI=1S/C18H12F3N5/c1-9-8-22-10(2)18-24-15(25-26(9)18)6-4-11-3-5-12-16(21)13(19)7-14(20)17(12)23-11/h3-8H,1-2H3/b6-4+. The first-order chi connectivity index (χ1) is 12.4. The van der Waals surface area contributed by atoms with Crippen LogP contribution in [-0.4, -0.2) is 24.6 Å². The molecule has 0 saturated carbocycles. The summed E-state index contributed by atoms with van der Waals surface area (Å²) >= 11 is 0. The molecule has 0 atom stereocenters. The lowest BCUT2D eigenvalue weighted by atomic mass is 10.1. The minimum Gasteiger partial charge on any atom is -0.256 e. The van der Waals surface area contributed by atoms with Gasteiger partial charge in [0.1, 0.15) is 5.52 Å². The van der Waals surface area contributed by atoms with Gasteiger partial charge in [0.15, 0.2) is 28.9 Å². The number of halogens is 3. The molecule has 3 aromatic heterocycles. The molecule has 0 aliphatic rings. The quantitative estimate of drug-likeness (QED) is 0.512. The van der Waals surface area contributed by atoms with Crippen molar-refractivity contribution in [3.8, 4) is 0 Å². The maximum atomic E-state index is 13.9. The molecule has 0 N–H and O–H groups in total. The van der Waals surface area contributed by atoms with Gasteiger partial charge in [0.2, 0.25) is 0 Å². The zero-order chi connectivity index (χ0) is 18.4. The molecule has 0 fully saturated rings. The Morgan fingerprint density at radius 2 is 1.81 bits per heavy atom. The molecule has 0 bridgehead atoms. The zero-order valence-corrected chi connectivity index (χ0v) is 13.8. The van der Waals surface area contributed by atoms with Crippen LogP contribution >= 0.6 is 0 Å². The Balaban J connectivity index is 1.75. The fourth-order valence-corrected chi connectivity index (χ4v) is 2.64. The van der Waals surface area contributed by atoms with Gasteiger partial charge in [-0.1, -0.05) is 0 Å². The molecule has 5 nitrogen and oxygen atoms in total. The van der Waals surface area contributed by atoms with Gasteiger partial charge >= 0.3 is 0 Å². The lowest BCUT2D eigenvalue weighted by Crippen LogP contribution is -1.97. The number of pyridine rings is 1. The van der Waals surface area contributed by atoms with Crippen molar-refractivity contribution < 1.29 is 13.2 Å². The molecule has 0 unspecified atom stereocenters. The first-order valence-corrected chi connectivity index (χ1v) is 7.75. The average Bonchev–Trinajstić information content (AvgIpc) is 3.07. The third kappa shape index (κ3) is 2.59. The van der Waals surface area contributed by atoms with Gasteiger partial charge in [-0.3, -0.25) is 4.98 Å². The highest BCUT2D eigenvalue weighted by atomic mass is 19.2. The molecule has 0 amide bonds. The number of nitrogens with zero attached hydrogens (tertiary/aromatic N) is 5. The van der Waals surface area contributed by atoms with Crippen molar-refractivity contribution in [2.75, 3.05) is 0 Å². The summed E-state index contributed by atoms with van der Waals surface area (Å²) in [6.45, 7) is 3.70. The summed E-state index contributed by atoms with van der Waals surface area (Å²) in [6.07, 6.45) is 4.89. The Morgan fingerprint density at radius 1 is 1.00 bits per heavy atom. The van der Waals surface area contributed by atoms with Crippen LogP contribution in [0.15, 0.2) is 24.4 Å². The molecule has 0 spiro atoms. The van der Waals surface area contributed by atoms with Gasteiger partial charge in [0.05, 0.1) is 17.1 Å². The monoisotopic (exact) mass is 355 g/mol. The largest absolute Gasteiger partial charge is 0.256 e. The number of hydrogen-bond acceptors (Lipinski definition) is 4. The van der Waals surface area contributed by atoms with Gasteiger partial charge in [-0.15, -0.1) is 5.10 Å². The van der Waals surface area contributed by atoms with E-state index in [-0.39, 0.29) is 10.9 Å². The van der Waals surface area contributed by atoms with E-state index in [2.05, 4.69) is 20.1 Å². The van der Waals surface area contributed by atoms with E-state index in [1.165, 1.54) is 12.1 Å². The maximum absolute atomic E-state index is 13.9. The molecule has 3 heterocycles. The van der Waals surface area contributed by atoms with Crippen LogP contribution < -0.4 is 0 Å². The Hall–Kier alpha value is -3.29. The van der Waals surface area contributed by atoms with Crippen LogP contribution in [-0.2, 0) is 0 Å². The van der Waals surface area contributed by atoms with Gasteiger partial charge in [0.25, 0.3) is 0 Å². The van der Waals surface area contributed by atoms with E-state index in [4.69, 9.17) is 0 Å². The topological polar surface area (TPSA) is 56.0 Å². The molecule has 0 saturated heterocycles. The average molecular weight is 355 g/mol. The first-order valence-electron chi connectivity index (χ1n) is 7.75. The fraction of sp³-hybridized carbons (Fsp3) is 0.111. The van der Waals surface area contributed by atoms with Crippen LogP contribution in [0.3, 0.4) is 0 Å². The van der Waals surface area contributed by atoms with E-state index in [1.54, 1.807) is 22.9 Å². The Labute approximate surface area is 145 Å². The van der Waals surface area contributed by atoms with Crippen molar-refractivity contribution in [2.24, 2.45) is 0 Å². The third-order valence-corrected chi connectivity index (χ3v) is 3.97. The first kappa shape index (κ1) is 16.2. The normalized spacial score (nSPS) is 11.9. The van der Waals surface area contributed by atoms with Crippen LogP contribution in [0.1, 0.15) is 22.9 Å².